The molecule has 0 bridgehead atoms. The van der Waals surface area contributed by atoms with Gasteiger partial charge in [0.2, 0.25) is 5.95 Å². The Labute approximate surface area is 125 Å². The number of aliphatic hydroxyl groups is 1. The fraction of sp³-hybridized carbons (Fsp3) is 0.400. The van der Waals surface area contributed by atoms with Crippen LogP contribution in [0.25, 0.3) is 11.3 Å². The first kappa shape index (κ1) is 14.9. The topological polar surface area (TPSA) is 52.1 Å². The summed E-state index contributed by atoms with van der Waals surface area (Å²) in [5.74, 6) is 0.207. The van der Waals surface area contributed by atoms with Gasteiger partial charge in [0.25, 0.3) is 0 Å². The Hall–Kier alpha value is -2.02. The predicted molar refractivity (Wildman–Crippen MR) is 76.5 cm³/mol. The molecule has 3 rings (SSSR count). The molecular formula is C15H16F3N3O. The van der Waals surface area contributed by atoms with Gasteiger partial charge >= 0.3 is 6.18 Å². The lowest BCUT2D eigenvalue weighted by Gasteiger charge is -2.29. The van der Waals surface area contributed by atoms with Gasteiger partial charge in [-0.2, -0.15) is 13.2 Å². The zero-order valence-corrected chi connectivity index (χ0v) is 11.8. The highest BCUT2D eigenvalue weighted by atomic mass is 19.4. The van der Waals surface area contributed by atoms with E-state index in [1.165, 1.54) is 0 Å². The molecule has 1 aliphatic rings. The van der Waals surface area contributed by atoms with E-state index in [1.54, 1.807) is 35.2 Å². The number of H-pyrrole nitrogens is 1. The summed E-state index contributed by atoms with van der Waals surface area (Å²) in [6.07, 6.45) is -3.82. The van der Waals surface area contributed by atoms with Crippen LogP contribution in [0.1, 0.15) is 18.5 Å². The average Bonchev–Trinajstić information content (AvgIpc) is 2.94. The standard InChI is InChI=1S/C15H16F3N3O/c16-15(17,18)13-12(10-4-2-1-3-5-10)19-14(20-13)21-8-6-11(22)7-9-21/h1-5,11,22H,6-9H2,(H,19,20). The summed E-state index contributed by atoms with van der Waals surface area (Å²) in [4.78, 5) is 8.32. The maximum atomic E-state index is 13.2. The third-order valence-electron chi connectivity index (χ3n) is 3.79. The molecule has 0 atom stereocenters. The SMILES string of the molecule is OC1CCN(c2nc(-c3ccccc3)c(C(F)(F)F)[nH]2)CC1. The molecule has 0 aliphatic carbocycles. The Bertz CT molecular complexity index is 631. The van der Waals surface area contributed by atoms with Crippen LogP contribution < -0.4 is 4.90 Å². The molecule has 118 valence electrons. The van der Waals surface area contributed by atoms with Gasteiger partial charge in [-0.25, -0.2) is 4.98 Å². The Balaban J connectivity index is 1.99. The van der Waals surface area contributed by atoms with Gasteiger partial charge in [0, 0.05) is 18.7 Å². The van der Waals surface area contributed by atoms with Crippen LogP contribution in [0, 0.1) is 0 Å². The predicted octanol–water partition coefficient (Wildman–Crippen LogP) is 3.06. The van der Waals surface area contributed by atoms with Crippen molar-refractivity contribution in [1.29, 1.82) is 0 Å². The first-order valence-electron chi connectivity index (χ1n) is 7.11. The molecule has 0 radical (unpaired) electrons. The third-order valence-corrected chi connectivity index (χ3v) is 3.79. The number of hydrogen-bond acceptors (Lipinski definition) is 3. The normalized spacial score (nSPS) is 17.0. The number of alkyl halides is 3. The lowest BCUT2D eigenvalue weighted by molar-refractivity contribution is -0.140. The highest BCUT2D eigenvalue weighted by Gasteiger charge is 2.38. The number of aliphatic hydroxyl groups excluding tert-OH is 1. The van der Waals surface area contributed by atoms with Crippen molar-refractivity contribution < 1.29 is 18.3 Å². The largest absolute Gasteiger partial charge is 0.433 e. The number of aromatic amines is 1. The van der Waals surface area contributed by atoms with Gasteiger partial charge in [-0.05, 0) is 12.8 Å². The van der Waals surface area contributed by atoms with Crippen molar-refractivity contribution >= 4 is 5.95 Å². The van der Waals surface area contributed by atoms with Gasteiger partial charge in [0.1, 0.15) is 11.4 Å². The second-order valence-electron chi connectivity index (χ2n) is 5.37. The lowest BCUT2D eigenvalue weighted by atomic mass is 10.1. The number of nitrogens with one attached hydrogen (secondary N) is 1. The summed E-state index contributed by atoms with van der Waals surface area (Å²) in [7, 11) is 0. The van der Waals surface area contributed by atoms with Crippen LogP contribution in [-0.4, -0.2) is 34.3 Å². The highest BCUT2D eigenvalue weighted by molar-refractivity contribution is 5.65. The molecule has 0 saturated carbocycles. The number of aromatic nitrogens is 2. The first-order chi connectivity index (χ1) is 10.4. The zero-order chi connectivity index (χ0) is 15.7. The van der Waals surface area contributed by atoms with Crippen molar-refractivity contribution in [3.63, 3.8) is 0 Å². The monoisotopic (exact) mass is 311 g/mol. The van der Waals surface area contributed by atoms with E-state index < -0.39 is 11.9 Å². The Kier molecular flexibility index (Phi) is 3.82. The Morgan fingerprint density at radius 3 is 2.36 bits per heavy atom. The van der Waals surface area contributed by atoms with E-state index in [0.29, 0.717) is 31.5 Å². The fourth-order valence-electron chi connectivity index (χ4n) is 2.60. The van der Waals surface area contributed by atoms with E-state index in [0.717, 1.165) is 0 Å². The van der Waals surface area contributed by atoms with E-state index in [4.69, 9.17) is 0 Å². The molecule has 1 aliphatic heterocycles. The maximum absolute atomic E-state index is 13.2. The molecule has 2 N–H and O–H groups in total. The Morgan fingerprint density at radius 1 is 1.14 bits per heavy atom. The third kappa shape index (κ3) is 2.94. The van der Waals surface area contributed by atoms with Crippen molar-refractivity contribution in [3.8, 4) is 11.3 Å². The molecule has 1 saturated heterocycles. The van der Waals surface area contributed by atoms with Crippen molar-refractivity contribution in [3.05, 3.63) is 36.0 Å². The quantitative estimate of drug-likeness (QED) is 0.896. The molecule has 22 heavy (non-hydrogen) atoms. The number of piperidine rings is 1. The van der Waals surface area contributed by atoms with Crippen LogP contribution in [0.15, 0.2) is 30.3 Å². The highest BCUT2D eigenvalue weighted by Crippen LogP contribution is 2.37. The van der Waals surface area contributed by atoms with E-state index >= 15 is 0 Å². The summed E-state index contributed by atoms with van der Waals surface area (Å²) in [6, 6.07) is 8.32. The minimum Gasteiger partial charge on any atom is -0.393 e. The van der Waals surface area contributed by atoms with Gasteiger partial charge in [0.05, 0.1) is 6.10 Å². The van der Waals surface area contributed by atoms with Gasteiger partial charge in [0.15, 0.2) is 0 Å². The minimum absolute atomic E-state index is 0.0887. The summed E-state index contributed by atoms with van der Waals surface area (Å²) in [6.45, 7) is 0.973. The molecule has 2 heterocycles. The van der Waals surface area contributed by atoms with Crippen molar-refractivity contribution in [2.24, 2.45) is 0 Å². The number of benzene rings is 1. The summed E-state index contributed by atoms with van der Waals surface area (Å²) in [5.41, 5.74) is -0.497. The molecule has 0 spiro atoms. The van der Waals surface area contributed by atoms with Gasteiger partial charge < -0.3 is 15.0 Å². The van der Waals surface area contributed by atoms with Crippen molar-refractivity contribution in [2.75, 3.05) is 18.0 Å². The van der Waals surface area contributed by atoms with E-state index in [2.05, 4.69) is 9.97 Å². The van der Waals surface area contributed by atoms with Crippen LogP contribution in [0.3, 0.4) is 0 Å². The fourth-order valence-corrected chi connectivity index (χ4v) is 2.60. The summed E-state index contributed by atoms with van der Waals surface area (Å²) < 4.78 is 39.7. The van der Waals surface area contributed by atoms with Crippen LogP contribution in [-0.2, 0) is 6.18 Å². The molecule has 4 nitrogen and oxygen atoms in total. The van der Waals surface area contributed by atoms with Crippen molar-refractivity contribution in [1.82, 2.24) is 9.97 Å². The van der Waals surface area contributed by atoms with Gasteiger partial charge in [-0.3, -0.25) is 0 Å². The molecule has 1 aromatic carbocycles. The zero-order valence-electron chi connectivity index (χ0n) is 11.8. The minimum atomic E-state index is -4.49. The summed E-state index contributed by atoms with van der Waals surface area (Å²) in [5, 5.41) is 9.50. The molecule has 1 aromatic heterocycles. The molecular weight excluding hydrogens is 295 g/mol. The van der Waals surface area contributed by atoms with E-state index in [1.807, 2.05) is 0 Å². The number of hydrogen-bond donors (Lipinski definition) is 2. The van der Waals surface area contributed by atoms with Gasteiger partial charge in [-0.1, -0.05) is 30.3 Å². The maximum Gasteiger partial charge on any atom is 0.433 e. The van der Waals surface area contributed by atoms with E-state index in [-0.39, 0.29) is 17.7 Å². The molecule has 2 aromatic rings. The van der Waals surface area contributed by atoms with Crippen molar-refractivity contribution in [2.45, 2.75) is 25.1 Å². The van der Waals surface area contributed by atoms with Crippen LogP contribution in [0.4, 0.5) is 19.1 Å². The number of rotatable bonds is 2. The average molecular weight is 311 g/mol. The smallest absolute Gasteiger partial charge is 0.393 e. The number of imidazole rings is 1. The Morgan fingerprint density at radius 2 is 1.77 bits per heavy atom. The first-order valence-corrected chi connectivity index (χ1v) is 7.11. The van der Waals surface area contributed by atoms with E-state index in [9.17, 15) is 18.3 Å². The molecule has 0 unspecified atom stereocenters. The lowest BCUT2D eigenvalue weighted by Crippen LogP contribution is -2.36. The van der Waals surface area contributed by atoms with Crippen LogP contribution >= 0.6 is 0 Å². The molecule has 7 heteroatoms. The second-order valence-corrected chi connectivity index (χ2v) is 5.37. The molecule has 0 amide bonds. The van der Waals surface area contributed by atoms with Gasteiger partial charge in [-0.15, -0.1) is 0 Å². The number of halogens is 3. The molecule has 1 fully saturated rings. The number of nitrogens with zero attached hydrogens (tertiary/aromatic N) is 2. The second kappa shape index (κ2) is 5.64. The summed E-state index contributed by atoms with van der Waals surface area (Å²) >= 11 is 0. The number of anilines is 1. The van der Waals surface area contributed by atoms with Crippen LogP contribution in [0.2, 0.25) is 0 Å². The van der Waals surface area contributed by atoms with Crippen LogP contribution in [0.5, 0.6) is 0 Å².